The Morgan fingerprint density at radius 3 is 2.67 bits per heavy atom. The van der Waals surface area contributed by atoms with Crippen LogP contribution in [0.25, 0.3) is 0 Å². The summed E-state index contributed by atoms with van der Waals surface area (Å²) in [5.74, 6) is -0.188. The van der Waals surface area contributed by atoms with E-state index in [-0.39, 0.29) is 18.0 Å². The molecule has 0 aromatic heterocycles. The van der Waals surface area contributed by atoms with Crippen molar-refractivity contribution < 1.29 is 9.13 Å². The highest BCUT2D eigenvalue weighted by Crippen LogP contribution is 2.25. The molecule has 1 aliphatic heterocycles. The number of morpholine rings is 1. The number of rotatable bonds is 4. The van der Waals surface area contributed by atoms with Gasteiger partial charge < -0.3 is 15.0 Å². The Labute approximate surface area is 108 Å². The third-order valence-electron chi connectivity index (χ3n) is 3.37. The summed E-state index contributed by atoms with van der Waals surface area (Å²) in [7, 11) is 4.09. The van der Waals surface area contributed by atoms with E-state index in [1.807, 2.05) is 26.2 Å². The van der Waals surface area contributed by atoms with Crippen LogP contribution in [0, 0.1) is 5.82 Å². The van der Waals surface area contributed by atoms with Gasteiger partial charge in [-0.1, -0.05) is 12.1 Å². The van der Waals surface area contributed by atoms with Gasteiger partial charge in [0.1, 0.15) is 5.82 Å². The van der Waals surface area contributed by atoms with E-state index in [0.29, 0.717) is 0 Å². The van der Waals surface area contributed by atoms with Crippen LogP contribution in [0.4, 0.5) is 4.39 Å². The summed E-state index contributed by atoms with van der Waals surface area (Å²) >= 11 is 0. The predicted molar refractivity (Wildman–Crippen MR) is 70.1 cm³/mol. The number of benzene rings is 1. The van der Waals surface area contributed by atoms with Gasteiger partial charge in [0, 0.05) is 19.1 Å². The highest BCUT2D eigenvalue weighted by atomic mass is 19.1. The second kappa shape index (κ2) is 6.27. The molecule has 0 amide bonds. The number of ether oxygens (including phenoxy) is 1. The van der Waals surface area contributed by atoms with Crippen molar-refractivity contribution in [1.82, 2.24) is 10.2 Å². The fourth-order valence-electron chi connectivity index (χ4n) is 2.35. The molecule has 0 saturated carbocycles. The lowest BCUT2D eigenvalue weighted by Crippen LogP contribution is -2.40. The number of hydrogen-bond acceptors (Lipinski definition) is 3. The van der Waals surface area contributed by atoms with E-state index in [9.17, 15) is 4.39 Å². The van der Waals surface area contributed by atoms with E-state index in [4.69, 9.17) is 4.74 Å². The Morgan fingerprint density at radius 2 is 2.11 bits per heavy atom. The van der Waals surface area contributed by atoms with Crippen LogP contribution in [0.2, 0.25) is 0 Å². The van der Waals surface area contributed by atoms with Crippen LogP contribution in [0.3, 0.4) is 0 Å². The van der Waals surface area contributed by atoms with Crippen LogP contribution in [0.5, 0.6) is 0 Å². The van der Waals surface area contributed by atoms with Gasteiger partial charge in [-0.2, -0.15) is 0 Å². The minimum absolute atomic E-state index is 0.188. The van der Waals surface area contributed by atoms with Gasteiger partial charge in [-0.3, -0.25) is 0 Å². The highest BCUT2D eigenvalue weighted by Gasteiger charge is 2.22. The normalized spacial score (nSPS) is 22.1. The molecule has 0 bridgehead atoms. The predicted octanol–water partition coefficient (Wildman–Crippen LogP) is 1.81. The molecule has 3 nitrogen and oxygen atoms in total. The Bertz CT molecular complexity index is 361. The first-order chi connectivity index (χ1) is 8.66. The smallest absolute Gasteiger partial charge is 0.123 e. The summed E-state index contributed by atoms with van der Waals surface area (Å²) in [6.45, 7) is 2.60. The minimum Gasteiger partial charge on any atom is -0.376 e. The maximum absolute atomic E-state index is 13.0. The van der Waals surface area contributed by atoms with Crippen molar-refractivity contribution in [2.24, 2.45) is 0 Å². The van der Waals surface area contributed by atoms with Crippen LogP contribution < -0.4 is 5.32 Å². The van der Waals surface area contributed by atoms with Gasteiger partial charge in [0.15, 0.2) is 0 Å². The molecule has 1 fully saturated rings. The van der Waals surface area contributed by atoms with Crippen LogP contribution in [-0.4, -0.2) is 44.8 Å². The Kier molecular flexibility index (Phi) is 4.69. The van der Waals surface area contributed by atoms with Crippen molar-refractivity contribution in [1.29, 1.82) is 0 Å². The van der Waals surface area contributed by atoms with Crippen molar-refractivity contribution >= 4 is 0 Å². The van der Waals surface area contributed by atoms with Crippen LogP contribution in [0.1, 0.15) is 18.0 Å². The monoisotopic (exact) mass is 252 g/mol. The molecule has 4 heteroatoms. The molecule has 1 heterocycles. The molecule has 1 aromatic rings. The second-order valence-electron chi connectivity index (χ2n) is 4.96. The molecule has 0 aliphatic carbocycles. The van der Waals surface area contributed by atoms with E-state index in [1.165, 1.54) is 12.1 Å². The Balaban J connectivity index is 2.05. The second-order valence-corrected chi connectivity index (χ2v) is 4.96. The first kappa shape index (κ1) is 13.5. The molecule has 1 saturated heterocycles. The molecule has 1 aromatic carbocycles. The zero-order valence-corrected chi connectivity index (χ0v) is 11.0. The minimum atomic E-state index is -0.188. The number of hydrogen-bond donors (Lipinski definition) is 1. The lowest BCUT2D eigenvalue weighted by molar-refractivity contribution is 0.00894. The SMILES string of the molecule is CN(C)C(CC1CNCCO1)c1ccc(F)cc1. The molecule has 18 heavy (non-hydrogen) atoms. The van der Waals surface area contributed by atoms with Crippen molar-refractivity contribution in [2.75, 3.05) is 33.8 Å². The Hall–Kier alpha value is -0.970. The van der Waals surface area contributed by atoms with Gasteiger partial charge >= 0.3 is 0 Å². The summed E-state index contributed by atoms with van der Waals surface area (Å²) in [5.41, 5.74) is 1.13. The van der Waals surface area contributed by atoms with Gasteiger partial charge in [-0.25, -0.2) is 4.39 Å². The fourth-order valence-corrected chi connectivity index (χ4v) is 2.35. The molecular weight excluding hydrogens is 231 g/mol. The third kappa shape index (κ3) is 3.51. The molecule has 2 atom stereocenters. The Morgan fingerprint density at radius 1 is 1.39 bits per heavy atom. The van der Waals surface area contributed by atoms with Gasteiger partial charge in [0.25, 0.3) is 0 Å². The third-order valence-corrected chi connectivity index (χ3v) is 3.37. The molecule has 100 valence electrons. The molecule has 2 unspecified atom stereocenters. The number of halogens is 1. The summed E-state index contributed by atoms with van der Waals surface area (Å²) in [6, 6.07) is 7.01. The summed E-state index contributed by atoms with van der Waals surface area (Å²) in [4.78, 5) is 2.16. The quantitative estimate of drug-likeness (QED) is 0.884. The summed E-state index contributed by atoms with van der Waals surface area (Å²) in [5, 5.41) is 3.34. The zero-order chi connectivity index (χ0) is 13.0. The van der Waals surface area contributed by atoms with Crippen LogP contribution >= 0.6 is 0 Å². The standard InChI is InChI=1S/C14H21FN2O/c1-17(2)14(9-13-10-16-7-8-18-13)11-3-5-12(15)6-4-11/h3-6,13-14,16H,7-10H2,1-2H3. The van der Waals surface area contributed by atoms with Crippen molar-refractivity contribution in [3.63, 3.8) is 0 Å². The van der Waals surface area contributed by atoms with E-state index in [0.717, 1.165) is 31.7 Å². The van der Waals surface area contributed by atoms with E-state index < -0.39 is 0 Å². The summed E-state index contributed by atoms with van der Waals surface area (Å²) < 4.78 is 18.7. The fraction of sp³-hybridized carbons (Fsp3) is 0.571. The number of nitrogens with one attached hydrogen (secondary N) is 1. The number of nitrogens with zero attached hydrogens (tertiary/aromatic N) is 1. The molecule has 1 N–H and O–H groups in total. The molecule has 0 radical (unpaired) electrons. The first-order valence-electron chi connectivity index (χ1n) is 6.41. The average Bonchev–Trinajstić information content (AvgIpc) is 2.38. The highest BCUT2D eigenvalue weighted by molar-refractivity contribution is 5.20. The van der Waals surface area contributed by atoms with Crippen molar-refractivity contribution in [3.05, 3.63) is 35.6 Å². The maximum atomic E-state index is 13.0. The topological polar surface area (TPSA) is 24.5 Å². The van der Waals surface area contributed by atoms with Gasteiger partial charge in [0.05, 0.1) is 12.7 Å². The van der Waals surface area contributed by atoms with Gasteiger partial charge in [-0.15, -0.1) is 0 Å². The van der Waals surface area contributed by atoms with E-state index in [2.05, 4.69) is 10.2 Å². The zero-order valence-electron chi connectivity index (χ0n) is 11.0. The lowest BCUT2D eigenvalue weighted by Gasteiger charge is -2.31. The maximum Gasteiger partial charge on any atom is 0.123 e. The molecule has 2 rings (SSSR count). The molecular formula is C14H21FN2O. The first-order valence-corrected chi connectivity index (χ1v) is 6.41. The van der Waals surface area contributed by atoms with Gasteiger partial charge in [-0.05, 0) is 38.2 Å². The largest absolute Gasteiger partial charge is 0.376 e. The van der Waals surface area contributed by atoms with Crippen LogP contribution in [-0.2, 0) is 4.74 Å². The van der Waals surface area contributed by atoms with Crippen molar-refractivity contribution in [3.8, 4) is 0 Å². The van der Waals surface area contributed by atoms with E-state index >= 15 is 0 Å². The molecule has 0 spiro atoms. The van der Waals surface area contributed by atoms with E-state index in [1.54, 1.807) is 0 Å². The van der Waals surface area contributed by atoms with Crippen LogP contribution in [0.15, 0.2) is 24.3 Å². The van der Waals surface area contributed by atoms with Gasteiger partial charge in [0.2, 0.25) is 0 Å². The lowest BCUT2D eigenvalue weighted by atomic mass is 9.99. The van der Waals surface area contributed by atoms with Crippen molar-refractivity contribution in [2.45, 2.75) is 18.6 Å². The molecule has 1 aliphatic rings. The average molecular weight is 252 g/mol. The summed E-state index contributed by atoms with van der Waals surface area (Å²) in [6.07, 6.45) is 1.15.